The fourth-order valence-corrected chi connectivity index (χ4v) is 4.41. The van der Waals surface area contributed by atoms with Gasteiger partial charge < -0.3 is 14.7 Å². The Morgan fingerprint density at radius 3 is 2.67 bits per heavy atom. The van der Waals surface area contributed by atoms with Gasteiger partial charge in [-0.05, 0) is 55.2 Å². The van der Waals surface area contributed by atoms with Crippen molar-refractivity contribution in [2.75, 3.05) is 5.73 Å². The molecule has 2 aromatic carbocycles. The number of nitrogen functional groups attached to an aromatic ring is 1. The second-order valence-electron chi connectivity index (χ2n) is 8.33. The summed E-state index contributed by atoms with van der Waals surface area (Å²) in [5.41, 5.74) is 8.13. The Kier molecular flexibility index (Phi) is 4.14. The summed E-state index contributed by atoms with van der Waals surface area (Å²) >= 11 is 0. The Hall–Kier alpha value is -4.07. The highest BCUT2D eigenvalue weighted by molar-refractivity contribution is 6.04. The van der Waals surface area contributed by atoms with E-state index < -0.39 is 11.6 Å². The van der Waals surface area contributed by atoms with E-state index in [0.29, 0.717) is 39.1 Å². The molecule has 3 heterocycles. The van der Waals surface area contributed by atoms with E-state index in [0.717, 1.165) is 25.0 Å². The largest absolute Gasteiger partial charge is 0.435 e. The average molecular weight is 444 g/mol. The third-order valence-corrected chi connectivity index (χ3v) is 6.16. The van der Waals surface area contributed by atoms with E-state index in [2.05, 4.69) is 9.97 Å². The normalized spacial score (nSPS) is 13.8. The number of oxazole rings is 1. The van der Waals surface area contributed by atoms with Gasteiger partial charge in [0.25, 0.3) is 5.56 Å². The first kappa shape index (κ1) is 19.6. The predicted molar refractivity (Wildman–Crippen MR) is 122 cm³/mol. The van der Waals surface area contributed by atoms with E-state index in [1.165, 1.54) is 0 Å². The Balaban J connectivity index is 1.69. The molecule has 0 aliphatic heterocycles. The second-order valence-corrected chi connectivity index (χ2v) is 8.33. The first-order valence-corrected chi connectivity index (χ1v) is 10.6. The number of rotatable bonds is 3. The fraction of sp³-hybridized carbons (Fsp3) is 0.160. The van der Waals surface area contributed by atoms with Gasteiger partial charge in [0.1, 0.15) is 11.6 Å². The Morgan fingerprint density at radius 1 is 1.12 bits per heavy atom. The zero-order chi connectivity index (χ0) is 22.9. The number of benzene rings is 2. The Labute approximate surface area is 186 Å². The van der Waals surface area contributed by atoms with Crippen LogP contribution >= 0.6 is 0 Å². The van der Waals surface area contributed by atoms with Gasteiger partial charge in [0.15, 0.2) is 11.1 Å². The maximum Gasteiger partial charge on any atom is 0.281 e. The fourth-order valence-electron chi connectivity index (χ4n) is 4.41. The van der Waals surface area contributed by atoms with Crippen molar-refractivity contribution >= 4 is 27.7 Å². The summed E-state index contributed by atoms with van der Waals surface area (Å²) in [5, 5.41) is 0.691. The molecule has 0 radical (unpaired) electrons. The molecule has 0 saturated heterocycles. The van der Waals surface area contributed by atoms with E-state index in [1.807, 2.05) is 0 Å². The number of fused-ring (bicyclic) bond motifs is 3. The third-order valence-electron chi connectivity index (χ3n) is 6.16. The molecule has 33 heavy (non-hydrogen) atoms. The predicted octanol–water partition coefficient (Wildman–Crippen LogP) is 5.38. The maximum atomic E-state index is 14.7. The van der Waals surface area contributed by atoms with Gasteiger partial charge in [-0.15, -0.1) is 0 Å². The van der Waals surface area contributed by atoms with Gasteiger partial charge in [-0.2, -0.15) is 0 Å². The van der Waals surface area contributed by atoms with Gasteiger partial charge in [0, 0.05) is 35.5 Å². The van der Waals surface area contributed by atoms with Crippen LogP contribution in [0, 0.1) is 18.6 Å². The lowest BCUT2D eigenvalue weighted by molar-refractivity contribution is 0.607. The van der Waals surface area contributed by atoms with E-state index >= 15 is 0 Å². The number of nitrogens with two attached hydrogens (primary N) is 1. The molecule has 1 saturated carbocycles. The molecule has 6 rings (SSSR count). The highest BCUT2D eigenvalue weighted by atomic mass is 19.1. The van der Waals surface area contributed by atoms with Gasteiger partial charge in [0.05, 0.1) is 16.8 Å². The molecule has 0 unspecified atom stereocenters. The quantitative estimate of drug-likeness (QED) is 0.378. The first-order chi connectivity index (χ1) is 15.9. The minimum Gasteiger partial charge on any atom is -0.435 e. The minimum atomic E-state index is -0.697. The number of pyridine rings is 2. The molecule has 1 fully saturated rings. The summed E-state index contributed by atoms with van der Waals surface area (Å²) in [6, 6.07) is 9.14. The molecule has 1 aliphatic rings. The van der Waals surface area contributed by atoms with Crippen LogP contribution in [0.15, 0.2) is 58.0 Å². The Morgan fingerprint density at radius 2 is 1.94 bits per heavy atom. The molecular weight excluding hydrogens is 426 g/mol. The van der Waals surface area contributed by atoms with Crippen molar-refractivity contribution in [1.82, 2.24) is 14.5 Å². The van der Waals surface area contributed by atoms with Crippen molar-refractivity contribution in [3.8, 4) is 22.6 Å². The molecule has 3 aromatic heterocycles. The molecule has 0 spiro atoms. The number of hydrogen-bond acceptors (Lipinski definition) is 5. The SMILES string of the molecule is Cc1c(-c2cc(F)c(N)cc2F)ccc2c3oc(-c4cccnc4)nc3c(=O)n(C3CC3)c12. The van der Waals surface area contributed by atoms with Crippen LogP contribution in [0.5, 0.6) is 0 Å². The molecule has 0 atom stereocenters. The molecule has 6 nitrogen and oxygen atoms in total. The van der Waals surface area contributed by atoms with E-state index in [4.69, 9.17) is 10.2 Å². The van der Waals surface area contributed by atoms with Crippen LogP contribution in [-0.4, -0.2) is 14.5 Å². The van der Waals surface area contributed by atoms with Crippen molar-refractivity contribution < 1.29 is 13.2 Å². The lowest BCUT2D eigenvalue weighted by atomic mass is 9.96. The lowest BCUT2D eigenvalue weighted by Gasteiger charge is -2.16. The second kappa shape index (κ2) is 6.96. The van der Waals surface area contributed by atoms with Crippen LogP contribution in [0.25, 0.3) is 44.6 Å². The van der Waals surface area contributed by atoms with E-state index in [9.17, 15) is 13.6 Å². The zero-order valence-electron chi connectivity index (χ0n) is 17.6. The highest BCUT2D eigenvalue weighted by Gasteiger charge is 2.30. The lowest BCUT2D eigenvalue weighted by Crippen LogP contribution is -2.20. The smallest absolute Gasteiger partial charge is 0.281 e. The van der Waals surface area contributed by atoms with Crippen LogP contribution < -0.4 is 11.3 Å². The van der Waals surface area contributed by atoms with Gasteiger partial charge in [-0.1, -0.05) is 6.07 Å². The number of aromatic nitrogens is 3. The minimum absolute atomic E-state index is 0.0323. The summed E-state index contributed by atoms with van der Waals surface area (Å²) in [4.78, 5) is 22.1. The van der Waals surface area contributed by atoms with Gasteiger partial charge in [-0.25, -0.2) is 13.8 Å². The molecule has 164 valence electrons. The highest BCUT2D eigenvalue weighted by Crippen LogP contribution is 2.41. The summed E-state index contributed by atoms with van der Waals surface area (Å²) in [6.45, 7) is 1.80. The molecule has 5 aromatic rings. The van der Waals surface area contributed by atoms with Crippen LogP contribution in [0.3, 0.4) is 0 Å². The summed E-state index contributed by atoms with van der Waals surface area (Å²) < 4.78 is 36.7. The zero-order valence-corrected chi connectivity index (χ0v) is 17.6. The van der Waals surface area contributed by atoms with Crippen LogP contribution in [0.4, 0.5) is 14.5 Å². The molecule has 0 bridgehead atoms. The van der Waals surface area contributed by atoms with Gasteiger partial charge in [0.2, 0.25) is 5.89 Å². The average Bonchev–Trinajstić information content (AvgIpc) is 3.54. The first-order valence-electron chi connectivity index (χ1n) is 10.6. The summed E-state index contributed by atoms with van der Waals surface area (Å²) in [7, 11) is 0. The third kappa shape index (κ3) is 2.94. The monoisotopic (exact) mass is 444 g/mol. The number of aryl methyl sites for hydroxylation is 1. The number of nitrogens with zero attached hydrogens (tertiary/aromatic N) is 3. The number of hydrogen-bond donors (Lipinski definition) is 1. The van der Waals surface area contributed by atoms with Crippen molar-refractivity contribution in [1.29, 1.82) is 0 Å². The van der Waals surface area contributed by atoms with Crippen molar-refractivity contribution in [3.63, 3.8) is 0 Å². The van der Waals surface area contributed by atoms with Crippen LogP contribution in [-0.2, 0) is 0 Å². The van der Waals surface area contributed by atoms with Gasteiger partial charge >= 0.3 is 0 Å². The maximum absolute atomic E-state index is 14.7. The van der Waals surface area contributed by atoms with E-state index in [-0.39, 0.29) is 28.4 Å². The van der Waals surface area contributed by atoms with Crippen molar-refractivity contribution in [2.45, 2.75) is 25.8 Å². The topological polar surface area (TPSA) is 86.9 Å². The summed E-state index contributed by atoms with van der Waals surface area (Å²) in [6.07, 6.45) is 4.99. The standard InChI is InChI=1S/C25H18F2N4O2/c1-12-15(17-9-19(27)20(28)10-18(17)26)6-7-16-22(12)31(14-4-5-14)25(32)21-23(16)33-24(30-21)13-3-2-8-29-11-13/h2-3,6-11,14H,4-5,28H2,1H3. The number of halogens is 2. The Bertz CT molecular complexity index is 1640. The van der Waals surface area contributed by atoms with Crippen molar-refractivity contribution in [3.05, 3.63) is 76.3 Å². The molecule has 2 N–H and O–H groups in total. The molecule has 0 amide bonds. The number of anilines is 1. The molecule has 8 heteroatoms. The van der Waals surface area contributed by atoms with Crippen LogP contribution in [0.2, 0.25) is 0 Å². The van der Waals surface area contributed by atoms with Crippen LogP contribution in [0.1, 0.15) is 24.4 Å². The molecule has 1 aliphatic carbocycles. The summed E-state index contributed by atoms with van der Waals surface area (Å²) in [5.74, 6) is -1.02. The van der Waals surface area contributed by atoms with Crippen molar-refractivity contribution in [2.24, 2.45) is 0 Å². The van der Waals surface area contributed by atoms with Gasteiger partial charge in [-0.3, -0.25) is 9.78 Å². The van der Waals surface area contributed by atoms with E-state index in [1.54, 1.807) is 48.1 Å². The molecular formula is C25H18F2N4O2.